The van der Waals surface area contributed by atoms with Crippen LogP contribution in [0.15, 0.2) is 41.6 Å². The molecule has 0 atom stereocenters. The van der Waals surface area contributed by atoms with Crippen molar-refractivity contribution >= 4 is 46.6 Å². The number of halogens is 1. The molecule has 0 spiro atoms. The number of amides is 2. The first-order chi connectivity index (χ1) is 14.7. The van der Waals surface area contributed by atoms with Crippen LogP contribution < -0.4 is 10.6 Å². The monoisotopic (exact) mass is 457 g/mol. The molecule has 0 unspecified atom stereocenters. The van der Waals surface area contributed by atoms with Crippen LogP contribution >= 0.6 is 23.4 Å². The Morgan fingerprint density at radius 3 is 2.35 bits per heavy atom. The van der Waals surface area contributed by atoms with Crippen molar-refractivity contribution in [1.29, 1.82) is 0 Å². The number of hydrogen-bond acceptors (Lipinski definition) is 5. The zero-order chi connectivity index (χ0) is 22.5. The Labute approximate surface area is 190 Å². The molecule has 31 heavy (non-hydrogen) atoms. The molecule has 162 valence electrons. The Morgan fingerprint density at radius 2 is 1.61 bits per heavy atom. The van der Waals surface area contributed by atoms with Gasteiger partial charge in [0.1, 0.15) is 5.82 Å². The third kappa shape index (κ3) is 6.08. The van der Waals surface area contributed by atoms with Gasteiger partial charge in [0.05, 0.1) is 12.2 Å². The topological polar surface area (TPSA) is 88.9 Å². The molecular weight excluding hydrogens is 434 g/mol. The van der Waals surface area contributed by atoms with E-state index < -0.39 is 0 Å². The fourth-order valence-electron chi connectivity index (χ4n) is 2.88. The van der Waals surface area contributed by atoms with Crippen LogP contribution in [0.25, 0.3) is 0 Å². The summed E-state index contributed by atoms with van der Waals surface area (Å²) in [5.41, 5.74) is 4.46. The van der Waals surface area contributed by atoms with Crippen molar-refractivity contribution in [2.75, 3.05) is 16.4 Å². The summed E-state index contributed by atoms with van der Waals surface area (Å²) in [6.07, 6.45) is 0.0886. The molecule has 3 aromatic rings. The van der Waals surface area contributed by atoms with Gasteiger partial charge < -0.3 is 15.2 Å². The highest BCUT2D eigenvalue weighted by Crippen LogP contribution is 2.22. The molecule has 0 radical (unpaired) electrons. The van der Waals surface area contributed by atoms with Crippen molar-refractivity contribution in [3.63, 3.8) is 0 Å². The normalized spacial score (nSPS) is 10.7. The lowest BCUT2D eigenvalue weighted by Gasteiger charge is -2.10. The quantitative estimate of drug-likeness (QED) is 0.516. The van der Waals surface area contributed by atoms with Gasteiger partial charge in [0.2, 0.25) is 11.8 Å². The summed E-state index contributed by atoms with van der Waals surface area (Å²) in [6, 6.07) is 11.3. The number of rotatable bonds is 7. The Bertz CT molecular complexity index is 1130. The van der Waals surface area contributed by atoms with Crippen molar-refractivity contribution in [3.8, 4) is 0 Å². The molecule has 0 aliphatic carbocycles. The van der Waals surface area contributed by atoms with Crippen LogP contribution in [0.5, 0.6) is 0 Å². The molecule has 1 heterocycles. The third-order valence-corrected chi connectivity index (χ3v) is 5.97. The van der Waals surface area contributed by atoms with Crippen LogP contribution in [-0.4, -0.2) is 32.3 Å². The van der Waals surface area contributed by atoms with Crippen molar-refractivity contribution in [3.05, 3.63) is 63.9 Å². The highest BCUT2D eigenvalue weighted by molar-refractivity contribution is 7.99. The van der Waals surface area contributed by atoms with Crippen molar-refractivity contribution in [2.24, 2.45) is 7.05 Å². The molecule has 0 saturated carbocycles. The maximum atomic E-state index is 12.5. The van der Waals surface area contributed by atoms with Crippen LogP contribution in [0.2, 0.25) is 5.02 Å². The van der Waals surface area contributed by atoms with Gasteiger partial charge >= 0.3 is 0 Å². The molecule has 3 rings (SSSR count). The van der Waals surface area contributed by atoms with E-state index in [2.05, 4.69) is 20.8 Å². The predicted molar refractivity (Wildman–Crippen MR) is 125 cm³/mol. The molecule has 0 saturated heterocycles. The molecule has 0 aliphatic rings. The zero-order valence-electron chi connectivity index (χ0n) is 17.8. The van der Waals surface area contributed by atoms with Gasteiger partial charge in [-0.3, -0.25) is 9.59 Å². The summed E-state index contributed by atoms with van der Waals surface area (Å²) in [6.45, 7) is 5.82. The number of nitrogens with zero attached hydrogens (tertiary/aromatic N) is 3. The summed E-state index contributed by atoms with van der Waals surface area (Å²) < 4.78 is 1.73. The fourth-order valence-corrected chi connectivity index (χ4v) is 3.78. The number of benzene rings is 2. The summed E-state index contributed by atoms with van der Waals surface area (Å²) in [5, 5.41) is 15.1. The average Bonchev–Trinajstić information content (AvgIpc) is 3.05. The molecule has 7 nitrogen and oxygen atoms in total. The van der Waals surface area contributed by atoms with Crippen molar-refractivity contribution in [1.82, 2.24) is 14.8 Å². The van der Waals surface area contributed by atoms with Gasteiger partial charge in [0, 0.05) is 23.4 Å². The van der Waals surface area contributed by atoms with E-state index in [1.165, 1.54) is 11.8 Å². The molecule has 0 fully saturated rings. The minimum atomic E-state index is -0.174. The van der Waals surface area contributed by atoms with Crippen LogP contribution in [0.3, 0.4) is 0 Å². The van der Waals surface area contributed by atoms with Crippen LogP contribution in [-0.2, 0) is 23.1 Å². The smallest absolute Gasteiger partial charge is 0.234 e. The zero-order valence-corrected chi connectivity index (χ0v) is 19.4. The van der Waals surface area contributed by atoms with Gasteiger partial charge in [0.15, 0.2) is 5.16 Å². The second-order valence-corrected chi connectivity index (χ2v) is 8.68. The van der Waals surface area contributed by atoms with Gasteiger partial charge in [-0.15, -0.1) is 10.2 Å². The minimum Gasteiger partial charge on any atom is -0.325 e. The maximum absolute atomic E-state index is 12.5. The van der Waals surface area contributed by atoms with E-state index in [0.717, 1.165) is 22.4 Å². The first-order valence-electron chi connectivity index (χ1n) is 9.67. The highest BCUT2D eigenvalue weighted by Gasteiger charge is 2.15. The molecule has 2 amide bonds. The standard InChI is InChI=1S/C22H24ClN5O2S/c1-13-5-6-14(2)17(9-13)24-20(29)11-19-26-27-22(28(19)4)31-12-21(30)25-18-10-16(23)8-7-15(18)3/h5-10H,11-12H2,1-4H3,(H,24,29)(H,25,30). The highest BCUT2D eigenvalue weighted by atomic mass is 35.5. The Kier molecular flexibility index (Phi) is 7.35. The fraction of sp³-hybridized carbons (Fsp3) is 0.273. The van der Waals surface area contributed by atoms with E-state index in [9.17, 15) is 9.59 Å². The number of aromatic nitrogens is 3. The van der Waals surface area contributed by atoms with Crippen LogP contribution in [0, 0.1) is 20.8 Å². The number of nitrogens with one attached hydrogen (secondary N) is 2. The van der Waals surface area contributed by atoms with E-state index in [4.69, 9.17) is 11.6 Å². The SMILES string of the molecule is Cc1ccc(C)c(NC(=O)Cc2nnc(SCC(=O)Nc3cc(Cl)ccc3C)n2C)c1. The maximum Gasteiger partial charge on any atom is 0.234 e. The summed E-state index contributed by atoms with van der Waals surface area (Å²) in [4.78, 5) is 24.8. The Morgan fingerprint density at radius 1 is 0.968 bits per heavy atom. The van der Waals surface area contributed by atoms with E-state index in [0.29, 0.717) is 21.7 Å². The summed E-state index contributed by atoms with van der Waals surface area (Å²) >= 11 is 7.25. The largest absolute Gasteiger partial charge is 0.325 e. The number of carbonyl (C=O) groups excluding carboxylic acids is 2. The van der Waals surface area contributed by atoms with Gasteiger partial charge in [0.25, 0.3) is 0 Å². The van der Waals surface area contributed by atoms with E-state index in [1.54, 1.807) is 23.7 Å². The van der Waals surface area contributed by atoms with E-state index >= 15 is 0 Å². The Hall–Kier alpha value is -2.84. The minimum absolute atomic E-state index is 0.0886. The Balaban J connectivity index is 1.57. The third-order valence-electron chi connectivity index (χ3n) is 4.72. The average molecular weight is 458 g/mol. The number of carbonyl (C=O) groups is 2. The first-order valence-corrected chi connectivity index (χ1v) is 11.0. The molecule has 2 N–H and O–H groups in total. The van der Waals surface area contributed by atoms with Gasteiger partial charge in [-0.2, -0.15) is 0 Å². The van der Waals surface area contributed by atoms with Crippen molar-refractivity contribution < 1.29 is 9.59 Å². The molecular formula is C22H24ClN5O2S. The van der Waals surface area contributed by atoms with E-state index in [-0.39, 0.29) is 24.0 Å². The number of aryl methyl sites for hydroxylation is 3. The molecule has 0 bridgehead atoms. The van der Waals surface area contributed by atoms with Crippen molar-refractivity contribution in [2.45, 2.75) is 32.3 Å². The van der Waals surface area contributed by atoms with Gasteiger partial charge in [-0.25, -0.2) is 0 Å². The number of hydrogen-bond donors (Lipinski definition) is 2. The lowest BCUT2D eigenvalue weighted by atomic mass is 10.1. The lowest BCUT2D eigenvalue weighted by Crippen LogP contribution is -2.18. The predicted octanol–water partition coefficient (Wildman–Crippen LogP) is 4.31. The van der Waals surface area contributed by atoms with Crippen LogP contribution in [0.4, 0.5) is 11.4 Å². The van der Waals surface area contributed by atoms with Crippen LogP contribution in [0.1, 0.15) is 22.5 Å². The number of thioether (sulfide) groups is 1. The second-order valence-electron chi connectivity index (χ2n) is 7.30. The second kappa shape index (κ2) is 9.98. The summed E-state index contributed by atoms with van der Waals surface area (Å²) in [5.74, 6) is 0.339. The molecule has 2 aromatic carbocycles. The molecule has 0 aliphatic heterocycles. The first kappa shape index (κ1) is 22.8. The van der Waals surface area contributed by atoms with E-state index in [1.807, 2.05) is 45.0 Å². The number of anilines is 2. The van der Waals surface area contributed by atoms with Gasteiger partial charge in [-0.1, -0.05) is 41.6 Å². The lowest BCUT2D eigenvalue weighted by molar-refractivity contribution is -0.116. The summed E-state index contributed by atoms with van der Waals surface area (Å²) in [7, 11) is 1.78. The molecule has 1 aromatic heterocycles. The molecule has 9 heteroatoms. The van der Waals surface area contributed by atoms with Gasteiger partial charge in [-0.05, 0) is 55.7 Å².